The lowest BCUT2D eigenvalue weighted by atomic mass is 10.2. The molecule has 4 N–H and O–H groups in total. The summed E-state index contributed by atoms with van der Waals surface area (Å²) in [4.78, 5) is 22.9. The second kappa shape index (κ2) is 7.12. The van der Waals surface area contributed by atoms with Crippen LogP contribution < -0.4 is 21.1 Å². The minimum absolute atomic E-state index is 0.0952. The van der Waals surface area contributed by atoms with Crippen LogP contribution in [0.3, 0.4) is 0 Å². The smallest absolute Gasteiger partial charge is 0.248 e. The predicted octanol–water partition coefficient (Wildman–Crippen LogP) is 1.84. The molecular formula is C16H17N3O3. The van der Waals surface area contributed by atoms with E-state index in [1.165, 1.54) is 0 Å². The molecule has 0 bridgehead atoms. The highest BCUT2D eigenvalue weighted by Gasteiger charge is 2.06. The Morgan fingerprint density at radius 1 is 1.09 bits per heavy atom. The molecule has 6 nitrogen and oxygen atoms in total. The number of para-hydroxylation sites is 2. The summed E-state index contributed by atoms with van der Waals surface area (Å²) in [5.41, 5.74) is 6.88. The summed E-state index contributed by atoms with van der Waals surface area (Å²) in [5, 5.41) is 5.72. The van der Waals surface area contributed by atoms with Crippen LogP contribution in [0.2, 0.25) is 0 Å². The molecule has 0 radical (unpaired) electrons. The Morgan fingerprint density at radius 3 is 2.41 bits per heavy atom. The van der Waals surface area contributed by atoms with E-state index in [0.29, 0.717) is 17.0 Å². The van der Waals surface area contributed by atoms with Crippen LogP contribution in [0.4, 0.5) is 11.4 Å². The minimum Gasteiger partial charge on any atom is -0.495 e. The van der Waals surface area contributed by atoms with Gasteiger partial charge in [-0.3, -0.25) is 9.59 Å². The number of anilines is 2. The molecule has 0 saturated heterocycles. The van der Waals surface area contributed by atoms with Crippen LogP contribution in [-0.2, 0) is 4.79 Å². The standard InChI is InChI=1S/C16H17N3O3/c1-22-14-5-3-2-4-13(14)18-10-15(20)19-12-8-6-11(7-9-12)16(17)21/h2-9,18H,10H2,1H3,(H2,17,21)(H,19,20). The second-order valence-corrected chi connectivity index (χ2v) is 4.54. The fourth-order valence-corrected chi connectivity index (χ4v) is 1.89. The van der Waals surface area contributed by atoms with Crippen LogP contribution in [0.1, 0.15) is 10.4 Å². The van der Waals surface area contributed by atoms with Crippen molar-refractivity contribution in [2.75, 3.05) is 24.3 Å². The van der Waals surface area contributed by atoms with Crippen molar-refractivity contribution < 1.29 is 14.3 Å². The summed E-state index contributed by atoms with van der Waals surface area (Å²) in [6.07, 6.45) is 0. The highest BCUT2D eigenvalue weighted by atomic mass is 16.5. The van der Waals surface area contributed by atoms with Gasteiger partial charge in [0, 0.05) is 11.3 Å². The molecule has 0 aromatic heterocycles. The van der Waals surface area contributed by atoms with Crippen LogP contribution in [0, 0.1) is 0 Å². The third-order valence-corrected chi connectivity index (χ3v) is 3.00. The van der Waals surface area contributed by atoms with E-state index in [0.717, 1.165) is 5.69 Å². The number of carbonyl (C=O) groups excluding carboxylic acids is 2. The first-order valence-electron chi connectivity index (χ1n) is 6.67. The zero-order valence-electron chi connectivity index (χ0n) is 12.1. The summed E-state index contributed by atoms with van der Waals surface area (Å²) in [5.74, 6) is -0.0467. The van der Waals surface area contributed by atoms with Crippen LogP contribution in [-0.4, -0.2) is 25.5 Å². The number of methoxy groups -OCH3 is 1. The molecule has 0 aliphatic carbocycles. The van der Waals surface area contributed by atoms with Crippen molar-refractivity contribution in [2.24, 2.45) is 5.73 Å². The molecule has 114 valence electrons. The van der Waals surface area contributed by atoms with E-state index in [1.54, 1.807) is 31.4 Å². The zero-order valence-corrected chi connectivity index (χ0v) is 12.1. The predicted molar refractivity (Wildman–Crippen MR) is 85.1 cm³/mol. The van der Waals surface area contributed by atoms with Crippen LogP contribution in [0.5, 0.6) is 5.75 Å². The number of carbonyl (C=O) groups is 2. The van der Waals surface area contributed by atoms with Crippen LogP contribution in [0.15, 0.2) is 48.5 Å². The van der Waals surface area contributed by atoms with Gasteiger partial charge in [0.25, 0.3) is 0 Å². The van der Waals surface area contributed by atoms with Crippen LogP contribution in [0.25, 0.3) is 0 Å². The largest absolute Gasteiger partial charge is 0.495 e. The van der Waals surface area contributed by atoms with Gasteiger partial charge >= 0.3 is 0 Å². The lowest BCUT2D eigenvalue weighted by Crippen LogP contribution is -2.22. The van der Waals surface area contributed by atoms with E-state index in [4.69, 9.17) is 10.5 Å². The molecule has 0 aliphatic heterocycles. The molecule has 0 atom stereocenters. The van der Waals surface area contributed by atoms with Gasteiger partial charge in [-0.1, -0.05) is 12.1 Å². The average Bonchev–Trinajstić information content (AvgIpc) is 2.53. The van der Waals surface area contributed by atoms with Crippen molar-refractivity contribution in [3.05, 3.63) is 54.1 Å². The molecule has 6 heteroatoms. The Bertz CT molecular complexity index is 669. The summed E-state index contributed by atoms with van der Waals surface area (Å²) < 4.78 is 5.19. The van der Waals surface area contributed by atoms with Crippen molar-refractivity contribution >= 4 is 23.2 Å². The van der Waals surface area contributed by atoms with Gasteiger partial charge in [-0.15, -0.1) is 0 Å². The van der Waals surface area contributed by atoms with Crippen molar-refractivity contribution in [1.29, 1.82) is 0 Å². The summed E-state index contributed by atoms with van der Waals surface area (Å²) >= 11 is 0. The van der Waals surface area contributed by atoms with Gasteiger partial charge in [-0.25, -0.2) is 0 Å². The van der Waals surface area contributed by atoms with E-state index < -0.39 is 5.91 Å². The van der Waals surface area contributed by atoms with E-state index in [2.05, 4.69) is 10.6 Å². The fourth-order valence-electron chi connectivity index (χ4n) is 1.89. The number of benzene rings is 2. The molecular weight excluding hydrogens is 282 g/mol. The minimum atomic E-state index is -0.504. The van der Waals surface area contributed by atoms with E-state index in [-0.39, 0.29) is 12.5 Å². The molecule has 0 heterocycles. The maximum atomic E-state index is 11.9. The van der Waals surface area contributed by atoms with Crippen molar-refractivity contribution in [2.45, 2.75) is 0 Å². The van der Waals surface area contributed by atoms with E-state index in [1.807, 2.05) is 24.3 Å². The molecule has 2 rings (SSSR count). The number of hydrogen-bond acceptors (Lipinski definition) is 4. The molecule has 22 heavy (non-hydrogen) atoms. The van der Waals surface area contributed by atoms with Crippen LogP contribution >= 0.6 is 0 Å². The highest BCUT2D eigenvalue weighted by molar-refractivity contribution is 5.96. The van der Waals surface area contributed by atoms with Crippen molar-refractivity contribution in [1.82, 2.24) is 0 Å². The van der Waals surface area contributed by atoms with Gasteiger partial charge in [-0.05, 0) is 36.4 Å². The molecule has 0 spiro atoms. The highest BCUT2D eigenvalue weighted by Crippen LogP contribution is 2.22. The SMILES string of the molecule is COc1ccccc1NCC(=O)Nc1ccc(C(N)=O)cc1. The first kappa shape index (κ1) is 15.4. The van der Waals surface area contributed by atoms with Gasteiger partial charge in [0.15, 0.2) is 0 Å². The Kier molecular flexibility index (Phi) is 4.98. The number of nitrogens with two attached hydrogens (primary N) is 1. The number of amides is 2. The molecule has 0 aliphatic rings. The molecule has 2 aromatic carbocycles. The first-order valence-corrected chi connectivity index (χ1v) is 6.67. The van der Waals surface area contributed by atoms with E-state index >= 15 is 0 Å². The zero-order chi connectivity index (χ0) is 15.9. The maximum absolute atomic E-state index is 11.9. The topological polar surface area (TPSA) is 93.4 Å². The van der Waals surface area contributed by atoms with Gasteiger partial charge in [-0.2, -0.15) is 0 Å². The normalized spacial score (nSPS) is 9.86. The average molecular weight is 299 g/mol. The number of nitrogens with one attached hydrogen (secondary N) is 2. The summed E-state index contributed by atoms with van der Waals surface area (Å²) in [6.45, 7) is 0.0952. The Morgan fingerprint density at radius 2 is 1.77 bits per heavy atom. The van der Waals surface area contributed by atoms with E-state index in [9.17, 15) is 9.59 Å². The monoisotopic (exact) mass is 299 g/mol. The second-order valence-electron chi connectivity index (χ2n) is 4.54. The summed E-state index contributed by atoms with van der Waals surface area (Å²) in [6, 6.07) is 13.7. The molecule has 2 amide bonds. The molecule has 0 saturated carbocycles. The Labute approximate surface area is 128 Å². The number of hydrogen-bond donors (Lipinski definition) is 3. The third kappa shape index (κ3) is 3.99. The number of primary amides is 1. The third-order valence-electron chi connectivity index (χ3n) is 3.00. The lowest BCUT2D eigenvalue weighted by molar-refractivity contribution is -0.114. The first-order chi connectivity index (χ1) is 10.6. The fraction of sp³-hybridized carbons (Fsp3) is 0.125. The van der Waals surface area contributed by atoms with Gasteiger partial charge in [0.1, 0.15) is 5.75 Å². The summed E-state index contributed by atoms with van der Waals surface area (Å²) in [7, 11) is 1.57. The van der Waals surface area contributed by atoms with Crippen molar-refractivity contribution in [3.63, 3.8) is 0 Å². The molecule has 0 unspecified atom stereocenters. The quantitative estimate of drug-likeness (QED) is 0.758. The number of rotatable bonds is 6. The Balaban J connectivity index is 1.91. The van der Waals surface area contributed by atoms with Gasteiger partial charge < -0.3 is 21.1 Å². The van der Waals surface area contributed by atoms with Gasteiger partial charge in [0.2, 0.25) is 11.8 Å². The Hall–Kier alpha value is -3.02. The molecule has 2 aromatic rings. The van der Waals surface area contributed by atoms with Crippen molar-refractivity contribution in [3.8, 4) is 5.75 Å². The maximum Gasteiger partial charge on any atom is 0.248 e. The lowest BCUT2D eigenvalue weighted by Gasteiger charge is -2.11. The van der Waals surface area contributed by atoms with Gasteiger partial charge in [0.05, 0.1) is 19.3 Å². The number of ether oxygens (including phenoxy) is 1. The molecule has 0 fully saturated rings.